The summed E-state index contributed by atoms with van der Waals surface area (Å²) < 4.78 is 6.19. The van der Waals surface area contributed by atoms with Crippen LogP contribution in [0.3, 0.4) is 0 Å². The van der Waals surface area contributed by atoms with Gasteiger partial charge < -0.3 is 25.2 Å². The molecule has 22 heavy (non-hydrogen) atoms. The fourth-order valence-corrected chi connectivity index (χ4v) is 2.27. The zero-order valence-electron chi connectivity index (χ0n) is 11.4. The first-order valence-corrected chi connectivity index (χ1v) is 6.53. The maximum absolute atomic E-state index is 11.8. The minimum absolute atomic E-state index is 0.132. The van der Waals surface area contributed by atoms with Gasteiger partial charge in [-0.3, -0.25) is 19.1 Å². The van der Waals surface area contributed by atoms with E-state index in [0.29, 0.717) is 0 Å². The van der Waals surface area contributed by atoms with Gasteiger partial charge in [0.1, 0.15) is 24.4 Å². The van der Waals surface area contributed by atoms with Crippen LogP contribution in [0.15, 0.2) is 15.8 Å². The van der Waals surface area contributed by atoms with Crippen molar-refractivity contribution >= 4 is 5.97 Å². The van der Waals surface area contributed by atoms with Crippen LogP contribution in [0.1, 0.15) is 18.1 Å². The fraction of sp³-hybridized carbons (Fsp3) is 0.583. The first kappa shape index (κ1) is 16.4. The Hall–Kier alpha value is -2.01. The third-order valence-corrected chi connectivity index (χ3v) is 3.45. The number of carboxylic acid groups (broad SMARTS) is 1. The van der Waals surface area contributed by atoms with Gasteiger partial charge in [0.05, 0.1) is 18.6 Å². The molecule has 4 unspecified atom stereocenters. The zero-order chi connectivity index (χ0) is 16.4. The Bertz CT molecular complexity index is 666. The Kier molecular flexibility index (Phi) is 4.76. The van der Waals surface area contributed by atoms with Gasteiger partial charge in [-0.05, 0) is 0 Å². The summed E-state index contributed by atoms with van der Waals surface area (Å²) in [4.78, 5) is 36.0. The first-order chi connectivity index (χ1) is 10.3. The second-order valence-corrected chi connectivity index (χ2v) is 4.94. The summed E-state index contributed by atoms with van der Waals surface area (Å²) in [5, 5.41) is 37.2. The Morgan fingerprint density at radius 1 is 1.32 bits per heavy atom. The lowest BCUT2D eigenvalue weighted by Gasteiger charge is -2.15. The van der Waals surface area contributed by atoms with E-state index in [4.69, 9.17) is 14.9 Å². The number of H-pyrrole nitrogens is 1. The van der Waals surface area contributed by atoms with Crippen molar-refractivity contribution in [2.75, 3.05) is 6.61 Å². The number of nitrogens with zero attached hydrogens (tertiary/aromatic N) is 1. The highest BCUT2D eigenvalue weighted by molar-refractivity contribution is 5.66. The van der Waals surface area contributed by atoms with Crippen molar-refractivity contribution in [1.29, 1.82) is 0 Å². The quantitative estimate of drug-likeness (QED) is 0.388. The van der Waals surface area contributed by atoms with Gasteiger partial charge in [0.2, 0.25) is 0 Å². The molecule has 1 fully saturated rings. The molecule has 0 aliphatic carbocycles. The molecule has 10 nitrogen and oxygen atoms in total. The smallest absolute Gasteiger partial charge is 0.328 e. The number of ether oxygens (including phenoxy) is 1. The van der Waals surface area contributed by atoms with Crippen molar-refractivity contribution in [2.45, 2.75) is 37.4 Å². The summed E-state index contributed by atoms with van der Waals surface area (Å²) in [6.07, 6.45) is -4.37. The van der Waals surface area contributed by atoms with Crippen molar-refractivity contribution in [3.63, 3.8) is 0 Å². The predicted octanol–water partition coefficient (Wildman–Crippen LogP) is -2.83. The maximum atomic E-state index is 11.8. The summed E-state index contributed by atoms with van der Waals surface area (Å²) in [5.74, 6) is -1.12. The van der Waals surface area contributed by atoms with Crippen molar-refractivity contribution < 1.29 is 30.0 Å². The number of carbonyl (C=O) groups is 1. The van der Waals surface area contributed by atoms with Crippen molar-refractivity contribution in [3.8, 4) is 0 Å². The minimum atomic E-state index is -1.45. The topological polar surface area (TPSA) is 162 Å². The molecule has 122 valence electrons. The van der Waals surface area contributed by atoms with Gasteiger partial charge in [-0.15, -0.1) is 0 Å². The molecule has 0 spiro atoms. The SMILES string of the molecule is O=C(O)CCn1cc(C2OC(CO)C(O)C2O)c(=O)[nH]c1=O. The number of aliphatic hydroxyl groups excluding tert-OH is 3. The Morgan fingerprint density at radius 2 is 2.00 bits per heavy atom. The van der Waals surface area contributed by atoms with Crippen LogP contribution < -0.4 is 11.2 Å². The van der Waals surface area contributed by atoms with Gasteiger partial charge in [-0.25, -0.2) is 4.79 Å². The molecule has 0 aromatic carbocycles. The first-order valence-electron chi connectivity index (χ1n) is 6.53. The Morgan fingerprint density at radius 3 is 2.55 bits per heavy atom. The second-order valence-electron chi connectivity index (χ2n) is 4.94. The number of aromatic amines is 1. The van der Waals surface area contributed by atoms with Gasteiger partial charge in [-0.1, -0.05) is 0 Å². The highest BCUT2D eigenvalue weighted by Gasteiger charge is 2.44. The van der Waals surface area contributed by atoms with Crippen molar-refractivity contribution in [3.05, 3.63) is 32.6 Å². The molecule has 1 aliphatic rings. The second kappa shape index (κ2) is 6.40. The molecular formula is C12H16N2O8. The number of aryl methyl sites for hydroxylation is 1. The molecule has 0 saturated carbocycles. The van der Waals surface area contributed by atoms with Gasteiger partial charge >= 0.3 is 11.7 Å². The third-order valence-electron chi connectivity index (χ3n) is 3.45. The lowest BCUT2D eigenvalue weighted by molar-refractivity contribution is -0.137. The van der Waals surface area contributed by atoms with Crippen LogP contribution in [-0.4, -0.2) is 60.9 Å². The standard InChI is InChI=1S/C12H16N2O8/c15-4-6-8(18)9(19)10(22-6)5-3-14(2-1-7(16)17)12(21)13-11(5)20/h3,6,8-10,15,18-19H,1-2,4H2,(H,16,17)(H,13,20,21). The summed E-state index contributed by atoms with van der Waals surface area (Å²) in [6.45, 7) is -0.724. The van der Waals surface area contributed by atoms with Crippen molar-refractivity contribution in [2.24, 2.45) is 0 Å². The van der Waals surface area contributed by atoms with Crippen LogP contribution in [0.4, 0.5) is 0 Å². The van der Waals surface area contributed by atoms with Crippen LogP contribution in [0.2, 0.25) is 0 Å². The summed E-state index contributed by atoms with van der Waals surface area (Å²) in [5.41, 5.74) is -1.74. The monoisotopic (exact) mass is 316 g/mol. The van der Waals surface area contributed by atoms with E-state index in [1.54, 1.807) is 0 Å². The molecule has 0 amide bonds. The van der Waals surface area contributed by atoms with Crippen LogP contribution >= 0.6 is 0 Å². The number of hydrogen-bond acceptors (Lipinski definition) is 7. The molecule has 2 heterocycles. The summed E-state index contributed by atoms with van der Waals surface area (Å²) in [6, 6.07) is 0. The summed E-state index contributed by atoms with van der Waals surface area (Å²) in [7, 11) is 0. The van der Waals surface area contributed by atoms with Gasteiger partial charge in [-0.2, -0.15) is 0 Å². The van der Waals surface area contributed by atoms with Crippen molar-refractivity contribution in [1.82, 2.24) is 9.55 Å². The molecular weight excluding hydrogens is 300 g/mol. The van der Waals surface area contributed by atoms with Crippen LogP contribution in [0.5, 0.6) is 0 Å². The summed E-state index contributed by atoms with van der Waals surface area (Å²) >= 11 is 0. The van der Waals surface area contributed by atoms with Gasteiger partial charge in [0.25, 0.3) is 5.56 Å². The van der Waals surface area contributed by atoms with E-state index in [1.807, 2.05) is 4.98 Å². The zero-order valence-corrected chi connectivity index (χ0v) is 11.4. The Balaban J connectivity index is 2.35. The number of hydrogen-bond donors (Lipinski definition) is 5. The molecule has 2 rings (SSSR count). The van der Waals surface area contributed by atoms with E-state index >= 15 is 0 Å². The maximum Gasteiger partial charge on any atom is 0.328 e. The van der Waals surface area contributed by atoms with E-state index in [9.17, 15) is 24.6 Å². The van der Waals surface area contributed by atoms with E-state index in [-0.39, 0.29) is 18.5 Å². The number of aromatic nitrogens is 2. The van der Waals surface area contributed by atoms with Crippen LogP contribution in [0.25, 0.3) is 0 Å². The number of rotatable bonds is 5. The molecule has 1 aromatic heterocycles. The van der Waals surface area contributed by atoms with Crippen LogP contribution in [0, 0.1) is 0 Å². The molecule has 0 bridgehead atoms. The van der Waals surface area contributed by atoms with Crippen LogP contribution in [-0.2, 0) is 16.1 Å². The largest absolute Gasteiger partial charge is 0.481 e. The molecule has 1 saturated heterocycles. The predicted molar refractivity (Wildman–Crippen MR) is 70.3 cm³/mol. The van der Waals surface area contributed by atoms with E-state index < -0.39 is 48.2 Å². The Labute approximate surface area is 123 Å². The molecule has 0 radical (unpaired) electrons. The fourth-order valence-electron chi connectivity index (χ4n) is 2.27. The molecule has 5 N–H and O–H groups in total. The van der Waals surface area contributed by atoms with E-state index in [1.165, 1.54) is 0 Å². The normalized spacial score (nSPS) is 28.0. The highest BCUT2D eigenvalue weighted by Crippen LogP contribution is 2.31. The average molecular weight is 316 g/mol. The molecule has 4 atom stereocenters. The lowest BCUT2D eigenvalue weighted by Crippen LogP contribution is -2.36. The van der Waals surface area contributed by atoms with Gasteiger partial charge in [0.15, 0.2) is 0 Å². The number of carboxylic acids is 1. The van der Waals surface area contributed by atoms with E-state index in [2.05, 4.69) is 0 Å². The van der Waals surface area contributed by atoms with E-state index in [0.717, 1.165) is 10.8 Å². The molecule has 10 heteroatoms. The minimum Gasteiger partial charge on any atom is -0.481 e. The highest BCUT2D eigenvalue weighted by atomic mass is 16.6. The lowest BCUT2D eigenvalue weighted by atomic mass is 10.0. The molecule has 1 aromatic rings. The van der Waals surface area contributed by atoms with Gasteiger partial charge in [0, 0.05) is 12.7 Å². The number of aliphatic carboxylic acids is 1. The molecule has 1 aliphatic heterocycles. The average Bonchev–Trinajstić information content (AvgIpc) is 2.74. The number of nitrogens with one attached hydrogen (secondary N) is 1. The number of aliphatic hydroxyl groups is 3. The third kappa shape index (κ3) is 3.09.